The molecule has 4 rings (SSSR count). The van der Waals surface area contributed by atoms with Crippen molar-refractivity contribution in [3.05, 3.63) is 102 Å². The number of hydrogen-bond donors (Lipinski definition) is 1. The molecule has 0 aliphatic heterocycles. The van der Waals surface area contributed by atoms with Gasteiger partial charge in [-0.1, -0.05) is 36.4 Å². The maximum Gasteiger partial charge on any atom is 0.362 e. The third-order valence-electron chi connectivity index (χ3n) is 4.69. The van der Waals surface area contributed by atoms with E-state index in [-0.39, 0.29) is 0 Å². The summed E-state index contributed by atoms with van der Waals surface area (Å²) in [5.41, 5.74) is 4.44. The molecule has 0 aromatic heterocycles. The van der Waals surface area contributed by atoms with Crippen LogP contribution in [0.5, 0.6) is 5.75 Å². The second-order valence-corrected chi connectivity index (χ2v) is 6.84. The fourth-order valence-corrected chi connectivity index (χ4v) is 2.99. The van der Waals surface area contributed by atoms with Crippen molar-refractivity contribution in [2.75, 3.05) is 12.6 Å². The maximum absolute atomic E-state index is 12.3. The lowest BCUT2D eigenvalue weighted by molar-refractivity contribution is 0.0596. The minimum absolute atomic E-state index is 0.356. The van der Waals surface area contributed by atoms with E-state index < -0.39 is 11.9 Å². The highest BCUT2D eigenvalue weighted by atomic mass is 16.7. The number of hydrogen-bond acceptors (Lipinski definition) is 6. The second-order valence-electron chi connectivity index (χ2n) is 6.84. The molecule has 0 aliphatic carbocycles. The zero-order valence-corrected chi connectivity index (χ0v) is 17.2. The molecule has 7 heteroatoms. The summed E-state index contributed by atoms with van der Waals surface area (Å²) in [6.07, 6.45) is 0. The third kappa shape index (κ3) is 4.96. The highest BCUT2D eigenvalue weighted by Crippen LogP contribution is 2.20. The molecular formula is C25H19N3O4. The number of nitrogens with zero attached hydrogens (tertiary/aromatic N) is 2. The Balaban J connectivity index is 1.36. The van der Waals surface area contributed by atoms with Crippen LogP contribution in [0.2, 0.25) is 0 Å². The zero-order valence-electron chi connectivity index (χ0n) is 17.2. The van der Waals surface area contributed by atoms with Crippen molar-refractivity contribution in [2.45, 2.75) is 0 Å². The van der Waals surface area contributed by atoms with Gasteiger partial charge in [0.1, 0.15) is 5.75 Å². The van der Waals surface area contributed by atoms with Crippen LogP contribution in [0.15, 0.2) is 101 Å². The van der Waals surface area contributed by atoms with Crippen LogP contribution in [0, 0.1) is 0 Å². The third-order valence-corrected chi connectivity index (χ3v) is 4.69. The Morgan fingerprint density at radius 1 is 0.781 bits per heavy atom. The number of anilines is 1. The summed E-state index contributed by atoms with van der Waals surface area (Å²) in [7, 11) is 1.52. The number of azo groups is 1. The van der Waals surface area contributed by atoms with Crippen LogP contribution in [-0.2, 0) is 4.84 Å². The van der Waals surface area contributed by atoms with E-state index in [1.807, 2.05) is 30.3 Å². The molecule has 0 unspecified atom stereocenters. The molecule has 4 aromatic carbocycles. The molecule has 0 fully saturated rings. The molecule has 1 amide bonds. The minimum atomic E-state index is -0.548. The SMILES string of the molecule is COc1cccc(C(=O)ONc2ccc(N=NC(=O)c3ccc4ccccc4c3)cc2)c1. The van der Waals surface area contributed by atoms with Gasteiger partial charge in [0.2, 0.25) is 0 Å². The van der Waals surface area contributed by atoms with Gasteiger partial charge < -0.3 is 9.57 Å². The summed E-state index contributed by atoms with van der Waals surface area (Å²) >= 11 is 0. The molecule has 0 radical (unpaired) electrons. The molecule has 0 saturated heterocycles. The molecule has 0 saturated carbocycles. The Labute approximate surface area is 184 Å². The lowest BCUT2D eigenvalue weighted by atomic mass is 10.1. The normalized spacial score (nSPS) is 10.8. The predicted molar refractivity (Wildman–Crippen MR) is 121 cm³/mol. The Morgan fingerprint density at radius 3 is 2.34 bits per heavy atom. The predicted octanol–water partition coefficient (Wildman–Crippen LogP) is 5.96. The van der Waals surface area contributed by atoms with Gasteiger partial charge >= 0.3 is 5.97 Å². The molecular weight excluding hydrogens is 406 g/mol. The average molecular weight is 425 g/mol. The molecule has 0 bridgehead atoms. The van der Waals surface area contributed by atoms with E-state index in [9.17, 15) is 9.59 Å². The van der Waals surface area contributed by atoms with Crippen LogP contribution in [0.1, 0.15) is 20.7 Å². The molecule has 0 heterocycles. The summed E-state index contributed by atoms with van der Waals surface area (Å²) in [4.78, 5) is 29.6. The van der Waals surface area contributed by atoms with Crippen LogP contribution >= 0.6 is 0 Å². The van der Waals surface area contributed by atoms with Gasteiger partial charge in [-0.15, -0.1) is 10.2 Å². The number of benzene rings is 4. The monoisotopic (exact) mass is 425 g/mol. The van der Waals surface area contributed by atoms with Crippen LogP contribution in [0.4, 0.5) is 11.4 Å². The van der Waals surface area contributed by atoms with Crippen LogP contribution in [0.3, 0.4) is 0 Å². The van der Waals surface area contributed by atoms with E-state index in [4.69, 9.17) is 9.57 Å². The van der Waals surface area contributed by atoms with Crippen molar-refractivity contribution in [3.63, 3.8) is 0 Å². The van der Waals surface area contributed by atoms with E-state index in [2.05, 4.69) is 15.7 Å². The molecule has 1 N–H and O–H groups in total. The quantitative estimate of drug-likeness (QED) is 0.304. The van der Waals surface area contributed by atoms with Crippen molar-refractivity contribution >= 4 is 34.0 Å². The first kappa shape index (κ1) is 20.7. The van der Waals surface area contributed by atoms with E-state index in [0.717, 1.165) is 10.8 Å². The highest BCUT2D eigenvalue weighted by molar-refractivity contribution is 5.99. The fraction of sp³-hybridized carbons (Fsp3) is 0.0400. The van der Waals surface area contributed by atoms with Crippen molar-refractivity contribution in [3.8, 4) is 5.75 Å². The first-order chi connectivity index (χ1) is 15.6. The first-order valence-electron chi connectivity index (χ1n) is 9.78. The summed E-state index contributed by atoms with van der Waals surface area (Å²) in [5.74, 6) is -0.411. The van der Waals surface area contributed by atoms with Gasteiger partial charge in [-0.05, 0) is 65.4 Å². The fourth-order valence-electron chi connectivity index (χ4n) is 2.99. The Morgan fingerprint density at radius 2 is 1.56 bits per heavy atom. The van der Waals surface area contributed by atoms with Crippen LogP contribution in [-0.4, -0.2) is 19.0 Å². The van der Waals surface area contributed by atoms with Gasteiger partial charge in [0.25, 0.3) is 5.91 Å². The molecule has 158 valence electrons. The standard InChI is InChI=1S/C25H19N3O4/c1-31-23-8-4-7-20(16-23)25(30)32-28-22-13-11-21(12-14-22)26-27-24(29)19-10-9-17-5-2-3-6-18(17)15-19/h2-16,28H,1H3. The van der Waals surface area contributed by atoms with Gasteiger partial charge in [-0.2, -0.15) is 0 Å². The van der Waals surface area contributed by atoms with Crippen molar-refractivity contribution in [2.24, 2.45) is 10.2 Å². The van der Waals surface area contributed by atoms with Gasteiger partial charge in [0, 0.05) is 5.56 Å². The van der Waals surface area contributed by atoms with Crippen molar-refractivity contribution in [1.82, 2.24) is 0 Å². The highest BCUT2D eigenvalue weighted by Gasteiger charge is 2.09. The molecule has 0 spiro atoms. The molecule has 7 nitrogen and oxygen atoms in total. The Hall–Kier alpha value is -4.52. The van der Waals surface area contributed by atoms with Crippen LogP contribution in [0.25, 0.3) is 10.8 Å². The van der Waals surface area contributed by atoms with E-state index in [1.54, 1.807) is 60.7 Å². The number of carbonyl (C=O) groups excluding carboxylic acids is 2. The molecule has 32 heavy (non-hydrogen) atoms. The Bertz CT molecular complexity index is 1300. The number of methoxy groups -OCH3 is 1. The summed E-state index contributed by atoms with van der Waals surface area (Å²) < 4.78 is 5.10. The molecule has 4 aromatic rings. The number of ether oxygens (including phenoxy) is 1. The van der Waals surface area contributed by atoms with Crippen molar-refractivity contribution < 1.29 is 19.2 Å². The van der Waals surface area contributed by atoms with Crippen molar-refractivity contribution in [1.29, 1.82) is 0 Å². The maximum atomic E-state index is 12.3. The minimum Gasteiger partial charge on any atom is -0.497 e. The summed E-state index contributed by atoms with van der Waals surface area (Å²) in [6.45, 7) is 0. The van der Waals surface area contributed by atoms with Gasteiger partial charge in [-0.3, -0.25) is 4.79 Å². The average Bonchev–Trinajstić information content (AvgIpc) is 2.86. The number of carbonyl (C=O) groups is 2. The largest absolute Gasteiger partial charge is 0.497 e. The first-order valence-corrected chi connectivity index (χ1v) is 9.78. The van der Waals surface area contributed by atoms with E-state index in [1.165, 1.54) is 7.11 Å². The smallest absolute Gasteiger partial charge is 0.362 e. The summed E-state index contributed by atoms with van der Waals surface area (Å²) in [5, 5.41) is 9.81. The zero-order chi connectivity index (χ0) is 22.3. The lowest BCUT2D eigenvalue weighted by Crippen LogP contribution is -2.10. The summed E-state index contributed by atoms with van der Waals surface area (Å²) in [6, 6.07) is 26.5. The van der Waals surface area contributed by atoms with Crippen LogP contribution < -0.4 is 10.2 Å². The number of nitrogens with one attached hydrogen (secondary N) is 1. The van der Waals surface area contributed by atoms with E-state index >= 15 is 0 Å². The lowest BCUT2D eigenvalue weighted by Gasteiger charge is -2.07. The van der Waals surface area contributed by atoms with E-state index in [0.29, 0.717) is 28.3 Å². The topological polar surface area (TPSA) is 89.3 Å². The number of fused-ring (bicyclic) bond motifs is 1. The van der Waals surface area contributed by atoms with Gasteiger partial charge in [0.15, 0.2) is 0 Å². The second kappa shape index (κ2) is 9.53. The molecule has 0 atom stereocenters. The van der Waals surface area contributed by atoms with Gasteiger partial charge in [-0.25, -0.2) is 10.3 Å². The number of rotatable bonds is 6. The molecule has 0 aliphatic rings. The number of amides is 1. The Kier molecular flexibility index (Phi) is 6.17. The van der Waals surface area contributed by atoms with Gasteiger partial charge in [0.05, 0.1) is 24.0 Å².